The summed E-state index contributed by atoms with van der Waals surface area (Å²) in [5.74, 6) is -0.0856. The number of rotatable bonds is 15. The van der Waals surface area contributed by atoms with E-state index in [-0.39, 0.29) is 12.0 Å². The molecule has 2 atom stereocenters. The molecule has 42 heavy (non-hydrogen) atoms. The quantitative estimate of drug-likeness (QED) is 0.189. The zero-order chi connectivity index (χ0) is 30.4. The maximum Gasteiger partial charge on any atom is 0.150 e. The molecule has 1 aliphatic rings. The van der Waals surface area contributed by atoms with Gasteiger partial charge in [0.2, 0.25) is 0 Å². The molecule has 0 bridgehead atoms. The second kappa shape index (κ2) is 17.5. The van der Waals surface area contributed by atoms with Crippen molar-refractivity contribution in [1.82, 2.24) is 19.7 Å². The maximum absolute atomic E-state index is 11.9. The van der Waals surface area contributed by atoms with Crippen LogP contribution in [0.3, 0.4) is 0 Å². The molecule has 234 valence electrons. The minimum absolute atomic E-state index is 0.0856. The number of benzene rings is 1. The molecule has 1 fully saturated rings. The van der Waals surface area contributed by atoms with E-state index in [2.05, 4.69) is 37.7 Å². The first-order valence-electron chi connectivity index (χ1n) is 16.5. The summed E-state index contributed by atoms with van der Waals surface area (Å²) in [7, 11) is 0. The van der Waals surface area contributed by atoms with Gasteiger partial charge in [-0.2, -0.15) is 5.10 Å². The molecule has 1 saturated heterocycles. The summed E-state index contributed by atoms with van der Waals surface area (Å²) in [6.45, 7) is 17.4. The Balaban J connectivity index is 0.000000252. The fourth-order valence-corrected chi connectivity index (χ4v) is 5.79. The summed E-state index contributed by atoms with van der Waals surface area (Å²) in [6, 6.07) is 4.87. The first-order valence-corrected chi connectivity index (χ1v) is 16.5. The van der Waals surface area contributed by atoms with Gasteiger partial charge in [-0.25, -0.2) is 9.67 Å². The van der Waals surface area contributed by atoms with Crippen molar-refractivity contribution >= 4 is 10.9 Å². The lowest BCUT2D eigenvalue weighted by Crippen LogP contribution is -2.50. The molecule has 1 aromatic carbocycles. The third-order valence-electron chi connectivity index (χ3n) is 8.37. The molecule has 3 aromatic rings. The molecule has 1 N–H and O–H groups in total. The second-order valence-electron chi connectivity index (χ2n) is 11.9. The highest BCUT2D eigenvalue weighted by Crippen LogP contribution is 2.33. The van der Waals surface area contributed by atoms with E-state index in [1.807, 2.05) is 4.68 Å². The molecule has 0 saturated carbocycles. The number of nitrogens with zero attached hydrogens (tertiary/aromatic N) is 5. The molecule has 2 aromatic heterocycles. The van der Waals surface area contributed by atoms with Gasteiger partial charge in [-0.15, -0.1) is 5.75 Å². The number of aromatic nitrogens is 4. The third-order valence-corrected chi connectivity index (χ3v) is 8.37. The molecule has 8 heteroatoms. The molecule has 0 aliphatic carbocycles. The van der Waals surface area contributed by atoms with E-state index in [0.717, 1.165) is 30.2 Å². The molecular formula is C34H55N5O3. The Morgan fingerprint density at radius 2 is 1.57 bits per heavy atom. The van der Waals surface area contributed by atoms with Crippen LogP contribution in [-0.4, -0.2) is 62.1 Å². The van der Waals surface area contributed by atoms with Crippen molar-refractivity contribution in [3.8, 4) is 17.1 Å². The summed E-state index contributed by atoms with van der Waals surface area (Å²) >= 11 is 0. The molecule has 2 unspecified atom stereocenters. The van der Waals surface area contributed by atoms with E-state index in [9.17, 15) is 10.2 Å². The SMILES string of the molecule is CC(O)c1cncc(-c2nn(C3CCCCO3)c3ccc([O-])cc23)n1.CCCC[N+](CCCC)(CCCC)CCCC. The third kappa shape index (κ3) is 9.48. The first kappa shape index (κ1) is 33.9. The van der Waals surface area contributed by atoms with Gasteiger partial charge in [-0.1, -0.05) is 65.5 Å². The fourth-order valence-electron chi connectivity index (χ4n) is 5.79. The molecule has 1 aliphatic heterocycles. The van der Waals surface area contributed by atoms with Crippen molar-refractivity contribution in [2.45, 2.75) is 118 Å². The summed E-state index contributed by atoms with van der Waals surface area (Å²) in [4.78, 5) is 8.60. The second-order valence-corrected chi connectivity index (χ2v) is 11.9. The zero-order valence-electron chi connectivity index (χ0n) is 26.9. The molecule has 0 spiro atoms. The highest BCUT2D eigenvalue weighted by Gasteiger charge is 2.25. The van der Waals surface area contributed by atoms with Crippen LogP contribution in [0.2, 0.25) is 0 Å². The van der Waals surface area contributed by atoms with E-state index in [0.29, 0.717) is 23.7 Å². The van der Waals surface area contributed by atoms with Gasteiger partial charge >= 0.3 is 0 Å². The average Bonchev–Trinajstić information content (AvgIpc) is 3.40. The van der Waals surface area contributed by atoms with E-state index >= 15 is 0 Å². The Morgan fingerprint density at radius 3 is 2.10 bits per heavy atom. The highest BCUT2D eigenvalue weighted by atomic mass is 16.5. The van der Waals surface area contributed by atoms with Crippen LogP contribution in [0.25, 0.3) is 22.3 Å². The molecule has 8 nitrogen and oxygen atoms in total. The van der Waals surface area contributed by atoms with Crippen LogP contribution in [0.5, 0.6) is 5.75 Å². The number of quaternary nitrogens is 1. The van der Waals surface area contributed by atoms with Gasteiger partial charge < -0.3 is 19.4 Å². The van der Waals surface area contributed by atoms with Crippen molar-refractivity contribution < 1.29 is 19.4 Å². The molecule has 0 radical (unpaired) electrons. The van der Waals surface area contributed by atoms with Gasteiger partial charge in [0, 0.05) is 12.0 Å². The zero-order valence-corrected chi connectivity index (χ0v) is 26.9. The predicted molar refractivity (Wildman–Crippen MR) is 169 cm³/mol. The Hall–Kier alpha value is -2.55. The summed E-state index contributed by atoms with van der Waals surface area (Å²) in [5, 5.41) is 27.1. The normalized spacial score (nSPS) is 16.3. The lowest BCUT2D eigenvalue weighted by molar-refractivity contribution is -0.929. The van der Waals surface area contributed by atoms with Gasteiger partial charge in [0.25, 0.3) is 0 Å². The topological polar surface area (TPSA) is 96.1 Å². The maximum atomic E-state index is 11.9. The van der Waals surface area contributed by atoms with Gasteiger partial charge in [-0.3, -0.25) is 4.98 Å². The van der Waals surface area contributed by atoms with Crippen molar-refractivity contribution in [2.24, 2.45) is 0 Å². The Morgan fingerprint density at radius 1 is 0.952 bits per heavy atom. The molecule has 3 heterocycles. The first-order chi connectivity index (χ1) is 20.4. The predicted octanol–water partition coefficient (Wildman–Crippen LogP) is 7.32. The number of hydrogen-bond donors (Lipinski definition) is 1. The number of aliphatic hydroxyl groups excluding tert-OH is 1. The number of unbranched alkanes of at least 4 members (excludes halogenated alkanes) is 4. The molecule has 0 amide bonds. The smallest absolute Gasteiger partial charge is 0.150 e. The van der Waals surface area contributed by atoms with E-state index in [1.165, 1.54) is 94.3 Å². The van der Waals surface area contributed by atoms with E-state index in [1.54, 1.807) is 25.3 Å². The van der Waals surface area contributed by atoms with E-state index in [4.69, 9.17) is 9.84 Å². The molecule has 4 rings (SSSR count). The fraction of sp³-hybridized carbons (Fsp3) is 0.676. The van der Waals surface area contributed by atoms with Crippen LogP contribution < -0.4 is 5.11 Å². The van der Waals surface area contributed by atoms with Crippen molar-refractivity contribution in [2.75, 3.05) is 32.8 Å². The minimum atomic E-state index is -0.724. The van der Waals surface area contributed by atoms with Gasteiger partial charge in [0.15, 0.2) is 6.23 Å². The minimum Gasteiger partial charge on any atom is -0.872 e. The van der Waals surface area contributed by atoms with Crippen LogP contribution in [0.1, 0.15) is 123 Å². The Labute approximate surface area is 253 Å². The summed E-state index contributed by atoms with van der Waals surface area (Å²) in [6.07, 6.45) is 16.3. The lowest BCUT2D eigenvalue weighted by Gasteiger charge is -2.39. The molecular weight excluding hydrogens is 526 g/mol. The largest absolute Gasteiger partial charge is 0.872 e. The summed E-state index contributed by atoms with van der Waals surface area (Å²) in [5.41, 5.74) is 2.42. The standard InChI is InChI=1S/C18H20N4O3.C16H36N/c1-11(23)14-9-19-10-15(20-14)18-13-8-12(24)5-6-16(13)22(21-18)17-4-2-3-7-25-17;1-5-9-13-17(14-10-6-2,15-11-7-3)16-12-8-4/h5-6,8-11,17,23-24H,2-4,7H2,1H3;5-16H2,1-4H3/q;+1/p-1. The number of fused-ring (bicyclic) bond motifs is 1. The number of hydrogen-bond acceptors (Lipinski definition) is 6. The van der Waals surface area contributed by atoms with Crippen molar-refractivity contribution in [1.29, 1.82) is 0 Å². The highest BCUT2D eigenvalue weighted by molar-refractivity contribution is 5.93. The van der Waals surface area contributed by atoms with Crippen LogP contribution >= 0.6 is 0 Å². The van der Waals surface area contributed by atoms with E-state index < -0.39 is 6.10 Å². The summed E-state index contributed by atoms with van der Waals surface area (Å²) < 4.78 is 9.11. The van der Waals surface area contributed by atoms with Crippen LogP contribution in [0, 0.1) is 0 Å². The monoisotopic (exact) mass is 581 g/mol. The van der Waals surface area contributed by atoms with Crippen molar-refractivity contribution in [3.63, 3.8) is 0 Å². The Bertz CT molecular complexity index is 1150. The van der Waals surface area contributed by atoms with Gasteiger partial charge in [0.1, 0.15) is 11.4 Å². The average molecular weight is 582 g/mol. The van der Waals surface area contributed by atoms with Crippen LogP contribution in [0.15, 0.2) is 30.6 Å². The van der Waals surface area contributed by atoms with Gasteiger partial charge in [-0.05, 0) is 57.9 Å². The van der Waals surface area contributed by atoms with Crippen molar-refractivity contribution in [3.05, 3.63) is 36.3 Å². The van der Waals surface area contributed by atoms with Crippen LogP contribution in [0.4, 0.5) is 0 Å². The van der Waals surface area contributed by atoms with Gasteiger partial charge in [0.05, 0.1) is 55.9 Å². The Kier molecular flexibility index (Phi) is 14.2. The lowest BCUT2D eigenvalue weighted by atomic mass is 10.1. The van der Waals surface area contributed by atoms with Crippen LogP contribution in [-0.2, 0) is 4.74 Å². The number of aliphatic hydroxyl groups is 1. The number of ether oxygens (including phenoxy) is 1.